The monoisotopic (exact) mass is 374 g/mol. The predicted molar refractivity (Wildman–Crippen MR) is 101 cm³/mol. The van der Waals surface area contributed by atoms with Gasteiger partial charge in [-0.25, -0.2) is 0 Å². The van der Waals surface area contributed by atoms with E-state index in [1.54, 1.807) is 30.0 Å². The number of benzene rings is 2. The van der Waals surface area contributed by atoms with E-state index in [4.69, 9.17) is 14.2 Å². The van der Waals surface area contributed by atoms with Crippen molar-refractivity contribution in [2.24, 2.45) is 0 Å². The minimum absolute atomic E-state index is 0.00490. The summed E-state index contributed by atoms with van der Waals surface area (Å²) >= 11 is 1.60. The molecule has 0 saturated heterocycles. The fourth-order valence-corrected chi connectivity index (χ4v) is 3.52. The number of thioether (sulfide) groups is 1. The number of aryl methyl sites for hydroxylation is 1. The minimum atomic E-state index is -0.00490. The van der Waals surface area contributed by atoms with Gasteiger partial charge in [0.05, 0.1) is 24.2 Å². The third-order valence-corrected chi connectivity index (χ3v) is 4.99. The van der Waals surface area contributed by atoms with Crippen molar-refractivity contribution < 1.29 is 24.1 Å². The number of aromatic hydroxyl groups is 1. The van der Waals surface area contributed by atoms with Crippen LogP contribution in [0.1, 0.15) is 35.7 Å². The smallest absolute Gasteiger partial charge is 0.167 e. The summed E-state index contributed by atoms with van der Waals surface area (Å²) in [5.41, 5.74) is 1.43. The van der Waals surface area contributed by atoms with Crippen molar-refractivity contribution in [3.63, 3.8) is 0 Å². The minimum Gasteiger partial charge on any atom is -0.504 e. The predicted octanol–water partition coefficient (Wildman–Crippen LogP) is 4.45. The normalized spacial score (nSPS) is 12.4. The quantitative estimate of drug-likeness (QED) is 0.689. The van der Waals surface area contributed by atoms with Crippen LogP contribution in [0, 0.1) is 0 Å². The lowest BCUT2D eigenvalue weighted by atomic mass is 10.0. The lowest BCUT2D eigenvalue weighted by Gasteiger charge is -2.12. The van der Waals surface area contributed by atoms with Crippen LogP contribution in [0.25, 0.3) is 0 Å². The second-order valence-electron chi connectivity index (χ2n) is 5.98. The molecule has 5 nitrogen and oxygen atoms in total. The summed E-state index contributed by atoms with van der Waals surface area (Å²) in [5, 5.41) is 9.87. The van der Waals surface area contributed by atoms with E-state index in [0.717, 1.165) is 22.6 Å². The van der Waals surface area contributed by atoms with Gasteiger partial charge < -0.3 is 19.3 Å². The molecule has 1 aliphatic rings. The molecule has 0 aliphatic carbocycles. The summed E-state index contributed by atoms with van der Waals surface area (Å²) in [6.07, 6.45) is 1.72. The zero-order valence-corrected chi connectivity index (χ0v) is 15.7. The number of ether oxygens (including phenoxy) is 3. The fourth-order valence-electron chi connectivity index (χ4n) is 2.76. The lowest BCUT2D eigenvalue weighted by molar-refractivity contribution is 0.0978. The van der Waals surface area contributed by atoms with E-state index in [9.17, 15) is 9.90 Å². The molecular weight excluding hydrogens is 352 g/mol. The first-order valence-electron chi connectivity index (χ1n) is 8.58. The molecule has 6 heteroatoms. The summed E-state index contributed by atoms with van der Waals surface area (Å²) in [5.74, 6) is 2.41. The van der Waals surface area contributed by atoms with Crippen molar-refractivity contribution >= 4 is 17.5 Å². The Bertz CT molecular complexity index is 803. The second-order valence-corrected chi connectivity index (χ2v) is 6.94. The van der Waals surface area contributed by atoms with Crippen molar-refractivity contribution in [2.45, 2.75) is 31.1 Å². The number of fused-ring (bicyclic) bond motifs is 1. The zero-order valence-electron chi connectivity index (χ0n) is 14.9. The van der Waals surface area contributed by atoms with Gasteiger partial charge in [-0.2, -0.15) is 0 Å². The van der Waals surface area contributed by atoms with Gasteiger partial charge in [-0.1, -0.05) is 24.8 Å². The van der Waals surface area contributed by atoms with Gasteiger partial charge in [0.15, 0.2) is 17.3 Å². The SMILES string of the molecule is CCCOc1cc2c(cc1C(=O)CCc1ccc(OC)c(O)c1)OCS2. The highest BCUT2D eigenvalue weighted by atomic mass is 32.2. The molecule has 0 aromatic heterocycles. The van der Waals surface area contributed by atoms with Crippen molar-refractivity contribution in [2.75, 3.05) is 19.7 Å². The number of Topliss-reactive ketones (excluding diaryl/α,β-unsaturated/α-hetero) is 1. The van der Waals surface area contributed by atoms with Crippen molar-refractivity contribution in [3.05, 3.63) is 41.5 Å². The average molecular weight is 374 g/mol. The van der Waals surface area contributed by atoms with Gasteiger partial charge in [-0.15, -0.1) is 0 Å². The Morgan fingerprint density at radius 2 is 2.12 bits per heavy atom. The van der Waals surface area contributed by atoms with E-state index in [2.05, 4.69) is 0 Å². The van der Waals surface area contributed by atoms with Gasteiger partial charge in [0.2, 0.25) is 0 Å². The van der Waals surface area contributed by atoms with Crippen LogP contribution in [-0.4, -0.2) is 30.5 Å². The van der Waals surface area contributed by atoms with E-state index < -0.39 is 0 Å². The Kier molecular flexibility index (Phi) is 5.93. The van der Waals surface area contributed by atoms with E-state index in [-0.39, 0.29) is 11.5 Å². The molecule has 0 saturated carbocycles. The van der Waals surface area contributed by atoms with Gasteiger partial charge in [-0.05, 0) is 42.7 Å². The zero-order chi connectivity index (χ0) is 18.5. The van der Waals surface area contributed by atoms with Gasteiger partial charge in [-0.3, -0.25) is 4.79 Å². The summed E-state index contributed by atoms with van der Waals surface area (Å²) in [7, 11) is 1.50. The molecule has 26 heavy (non-hydrogen) atoms. The summed E-state index contributed by atoms with van der Waals surface area (Å²) < 4.78 is 16.4. The number of phenolic OH excluding ortho intramolecular Hbond substituents is 1. The summed E-state index contributed by atoms with van der Waals surface area (Å²) in [6.45, 7) is 2.60. The molecule has 2 aromatic carbocycles. The Morgan fingerprint density at radius 3 is 2.85 bits per heavy atom. The third-order valence-electron chi connectivity index (χ3n) is 4.12. The Balaban J connectivity index is 1.75. The number of rotatable bonds is 8. The third kappa shape index (κ3) is 4.07. The molecule has 3 rings (SSSR count). The standard InChI is InChI=1S/C20H22O5S/c1-3-8-24-18-11-20-19(25-12-26-20)10-14(18)15(21)6-4-13-5-7-17(23-2)16(22)9-13/h5,7,9-11,22H,3-4,6,8,12H2,1-2H3. The average Bonchev–Trinajstić information content (AvgIpc) is 3.11. The highest BCUT2D eigenvalue weighted by Crippen LogP contribution is 2.41. The number of hydrogen-bond donors (Lipinski definition) is 1. The molecule has 0 amide bonds. The maximum absolute atomic E-state index is 12.8. The van der Waals surface area contributed by atoms with E-state index in [0.29, 0.717) is 42.4 Å². The molecule has 138 valence electrons. The maximum atomic E-state index is 12.8. The van der Waals surface area contributed by atoms with Gasteiger partial charge >= 0.3 is 0 Å². The van der Waals surface area contributed by atoms with Gasteiger partial charge in [0, 0.05) is 6.42 Å². The molecule has 1 heterocycles. The molecule has 0 atom stereocenters. The Morgan fingerprint density at radius 1 is 1.27 bits per heavy atom. The van der Waals surface area contributed by atoms with Gasteiger partial charge in [0.1, 0.15) is 17.4 Å². The molecule has 0 fully saturated rings. The van der Waals surface area contributed by atoms with E-state index in [1.807, 2.05) is 19.1 Å². The first-order chi connectivity index (χ1) is 12.6. The Hall–Kier alpha value is -2.34. The van der Waals surface area contributed by atoms with Crippen LogP contribution in [0.4, 0.5) is 0 Å². The number of carbonyl (C=O) groups excluding carboxylic acids is 1. The Labute approximate surface area is 157 Å². The number of carbonyl (C=O) groups is 1. The van der Waals surface area contributed by atoms with Crippen molar-refractivity contribution in [1.82, 2.24) is 0 Å². The molecule has 0 spiro atoms. The fraction of sp³-hybridized carbons (Fsp3) is 0.350. The first-order valence-corrected chi connectivity index (χ1v) is 9.56. The van der Waals surface area contributed by atoms with Crippen LogP contribution in [-0.2, 0) is 6.42 Å². The maximum Gasteiger partial charge on any atom is 0.167 e. The summed E-state index contributed by atoms with van der Waals surface area (Å²) in [4.78, 5) is 13.8. The van der Waals surface area contributed by atoms with Crippen LogP contribution < -0.4 is 14.2 Å². The molecule has 1 N–H and O–H groups in total. The topological polar surface area (TPSA) is 65.0 Å². The lowest BCUT2D eigenvalue weighted by Crippen LogP contribution is -2.06. The number of methoxy groups -OCH3 is 1. The number of phenols is 1. The molecule has 0 unspecified atom stereocenters. The summed E-state index contributed by atoms with van der Waals surface area (Å²) in [6, 6.07) is 8.86. The number of hydrogen-bond acceptors (Lipinski definition) is 6. The molecule has 0 radical (unpaired) electrons. The van der Waals surface area contributed by atoms with E-state index in [1.165, 1.54) is 7.11 Å². The molecule has 1 aliphatic heterocycles. The van der Waals surface area contributed by atoms with Crippen LogP contribution in [0.3, 0.4) is 0 Å². The highest BCUT2D eigenvalue weighted by molar-refractivity contribution is 7.99. The molecule has 2 aromatic rings. The largest absolute Gasteiger partial charge is 0.504 e. The van der Waals surface area contributed by atoms with Crippen molar-refractivity contribution in [1.29, 1.82) is 0 Å². The first kappa shape index (κ1) is 18.5. The van der Waals surface area contributed by atoms with Crippen molar-refractivity contribution in [3.8, 4) is 23.0 Å². The van der Waals surface area contributed by atoms with Crippen LogP contribution in [0.5, 0.6) is 23.0 Å². The molecular formula is C20H22O5S. The van der Waals surface area contributed by atoms with Crippen LogP contribution >= 0.6 is 11.8 Å². The van der Waals surface area contributed by atoms with Gasteiger partial charge in [0.25, 0.3) is 0 Å². The van der Waals surface area contributed by atoms with E-state index >= 15 is 0 Å². The second kappa shape index (κ2) is 8.36. The van der Waals surface area contributed by atoms with Crippen LogP contribution in [0.15, 0.2) is 35.2 Å². The number of ketones is 1. The van der Waals surface area contributed by atoms with Crippen LogP contribution in [0.2, 0.25) is 0 Å². The molecule has 0 bridgehead atoms. The highest BCUT2D eigenvalue weighted by Gasteiger charge is 2.21.